The molecule has 0 amide bonds. The highest BCUT2D eigenvalue weighted by atomic mass is 19.4. The third kappa shape index (κ3) is 3.91. The van der Waals surface area contributed by atoms with Crippen molar-refractivity contribution >= 4 is 60.7 Å². The van der Waals surface area contributed by atoms with Crippen molar-refractivity contribution < 1.29 is 52.7 Å². The summed E-state index contributed by atoms with van der Waals surface area (Å²) in [5, 5.41) is -0.993. The molecule has 1 aliphatic rings. The minimum atomic E-state index is -5.33. The van der Waals surface area contributed by atoms with Gasteiger partial charge < -0.3 is 0 Å². The normalized spacial score (nSPS) is 16.8. The summed E-state index contributed by atoms with van der Waals surface area (Å²) in [5.74, 6) is -2.72. The van der Waals surface area contributed by atoms with E-state index in [-0.39, 0.29) is 38.4 Å². The van der Waals surface area contributed by atoms with Gasteiger partial charge in [0.05, 0.1) is 28.0 Å². The zero-order chi connectivity index (χ0) is 34.6. The van der Waals surface area contributed by atoms with Gasteiger partial charge in [-0.3, -0.25) is 18.4 Å². The summed E-state index contributed by atoms with van der Waals surface area (Å²) >= 11 is 0. The van der Waals surface area contributed by atoms with Crippen molar-refractivity contribution in [2.75, 3.05) is 0 Å². The Labute approximate surface area is 254 Å². The quantitative estimate of drug-likeness (QED) is 0.119. The number of allylic oxidation sites excluding steroid dienone is 1. The second-order valence-corrected chi connectivity index (χ2v) is 11.3. The number of halogens is 12. The third-order valence-electron chi connectivity index (χ3n) is 8.67. The van der Waals surface area contributed by atoms with Crippen molar-refractivity contribution in [3.8, 4) is 0 Å². The van der Waals surface area contributed by atoms with E-state index in [1.165, 1.54) is 0 Å². The fourth-order valence-electron chi connectivity index (χ4n) is 6.65. The van der Waals surface area contributed by atoms with Crippen LogP contribution in [0, 0.1) is 0 Å². The van der Waals surface area contributed by atoms with Crippen LogP contribution in [0.3, 0.4) is 0 Å². The molecule has 0 bridgehead atoms. The molecule has 48 heavy (non-hydrogen) atoms. The number of hydrogen-bond acceptors (Lipinski definition) is 4. The first-order valence-electron chi connectivity index (χ1n) is 13.6. The highest BCUT2D eigenvalue weighted by molar-refractivity contribution is 6.27. The lowest BCUT2D eigenvalue weighted by Gasteiger charge is -2.25. The van der Waals surface area contributed by atoms with Crippen molar-refractivity contribution in [1.29, 1.82) is 0 Å². The SMILES string of the molecule is O=c1c2ccc3c4c(ccc(c24)c2nc4c(n12)C=C(C(F)(F)F)CC4C(F)(F)F)c(=O)n1c2cc(C(F)(F)F)cc(C(F)(F)F)c2nc31. The second kappa shape index (κ2) is 8.84. The molecule has 0 saturated carbocycles. The van der Waals surface area contributed by atoms with Crippen LogP contribution in [0.2, 0.25) is 0 Å². The molecule has 8 rings (SSSR count). The summed E-state index contributed by atoms with van der Waals surface area (Å²) < 4.78 is 167. The summed E-state index contributed by atoms with van der Waals surface area (Å²) in [6, 6.07) is 4.66. The first-order valence-corrected chi connectivity index (χ1v) is 13.6. The summed E-state index contributed by atoms with van der Waals surface area (Å²) in [5.41, 5.74) is -11.6. The van der Waals surface area contributed by atoms with E-state index >= 15 is 0 Å². The number of pyridine rings is 2. The fourth-order valence-corrected chi connectivity index (χ4v) is 6.65. The monoisotopic (exact) mass is 686 g/mol. The van der Waals surface area contributed by atoms with E-state index in [9.17, 15) is 62.3 Å². The largest absolute Gasteiger partial charge is 0.418 e. The van der Waals surface area contributed by atoms with Gasteiger partial charge >= 0.3 is 24.7 Å². The van der Waals surface area contributed by atoms with E-state index in [0.29, 0.717) is 20.9 Å². The van der Waals surface area contributed by atoms with Gasteiger partial charge in [-0.25, -0.2) is 9.97 Å². The van der Waals surface area contributed by atoms with Crippen LogP contribution in [0.1, 0.15) is 34.9 Å². The van der Waals surface area contributed by atoms with Crippen molar-refractivity contribution in [3.05, 3.63) is 85.2 Å². The van der Waals surface area contributed by atoms with Crippen LogP contribution < -0.4 is 11.1 Å². The lowest BCUT2D eigenvalue weighted by atomic mass is 9.88. The fraction of sp³-hybridized carbons (Fsp3) is 0.200. The molecule has 1 unspecified atom stereocenters. The molecule has 4 aromatic heterocycles. The molecule has 0 N–H and O–H groups in total. The van der Waals surface area contributed by atoms with Gasteiger partial charge in [0, 0.05) is 37.9 Å². The third-order valence-corrected chi connectivity index (χ3v) is 8.67. The molecule has 4 heterocycles. The second-order valence-electron chi connectivity index (χ2n) is 11.3. The van der Waals surface area contributed by atoms with Gasteiger partial charge in [0.25, 0.3) is 11.1 Å². The highest BCUT2D eigenvalue weighted by Crippen LogP contribution is 2.49. The maximum Gasteiger partial charge on any atom is 0.418 e. The lowest BCUT2D eigenvalue weighted by molar-refractivity contribution is -0.156. The van der Waals surface area contributed by atoms with Gasteiger partial charge in [-0.2, -0.15) is 52.7 Å². The van der Waals surface area contributed by atoms with E-state index in [2.05, 4.69) is 9.97 Å². The van der Waals surface area contributed by atoms with Crippen molar-refractivity contribution in [1.82, 2.24) is 18.8 Å². The standard InChI is InChI=1S/C30H10F12N4O2/c31-27(32,33)9-5-15(29(37,38)39)21-17(7-9)45-23(43-21)11-1-3-13-20-12(2-4-14(19(11)20)26(45)48)24-44-22-16(30(40,41)42)6-10(28(34,35)36)8-18(22)46(24)25(13)47/h1-5,7-8,16H,6H2. The average molecular weight is 686 g/mol. The summed E-state index contributed by atoms with van der Waals surface area (Å²) in [6.07, 6.45) is -22.0. The van der Waals surface area contributed by atoms with E-state index in [0.717, 1.165) is 24.3 Å². The van der Waals surface area contributed by atoms with Crippen LogP contribution in [0.15, 0.2) is 51.6 Å². The number of hydrogen-bond donors (Lipinski definition) is 0. The first kappa shape index (κ1) is 30.2. The minimum absolute atomic E-state index is 0.0878. The number of aromatic nitrogens is 4. The van der Waals surface area contributed by atoms with Crippen LogP contribution in [0.25, 0.3) is 60.7 Å². The Morgan fingerprint density at radius 3 is 1.71 bits per heavy atom. The predicted octanol–water partition coefficient (Wildman–Crippen LogP) is 8.22. The maximum atomic E-state index is 14.0. The van der Waals surface area contributed by atoms with Gasteiger partial charge in [0.1, 0.15) is 22.7 Å². The van der Waals surface area contributed by atoms with Crippen LogP contribution in [-0.4, -0.2) is 31.1 Å². The molecule has 246 valence electrons. The molecule has 1 aliphatic carbocycles. The Kier molecular flexibility index (Phi) is 5.56. The Bertz CT molecular complexity index is 2700. The van der Waals surface area contributed by atoms with Crippen LogP contribution in [0.5, 0.6) is 0 Å². The van der Waals surface area contributed by atoms with E-state index in [4.69, 9.17) is 0 Å². The number of rotatable bonds is 0. The lowest BCUT2D eigenvalue weighted by Crippen LogP contribution is -2.28. The van der Waals surface area contributed by atoms with Crippen LogP contribution in [0.4, 0.5) is 52.7 Å². The molecule has 6 nitrogen and oxygen atoms in total. The number of fused-ring (bicyclic) bond motifs is 8. The van der Waals surface area contributed by atoms with Crippen molar-refractivity contribution in [3.63, 3.8) is 0 Å². The van der Waals surface area contributed by atoms with Gasteiger partial charge in [0.2, 0.25) is 0 Å². The molecular weight excluding hydrogens is 676 g/mol. The number of alkyl halides is 12. The Morgan fingerprint density at radius 2 is 1.19 bits per heavy atom. The minimum Gasteiger partial charge on any atom is -0.268 e. The molecule has 7 aromatic rings. The molecule has 0 aliphatic heterocycles. The molecule has 1 atom stereocenters. The topological polar surface area (TPSA) is 68.7 Å². The van der Waals surface area contributed by atoms with Crippen molar-refractivity contribution in [2.45, 2.75) is 37.0 Å². The van der Waals surface area contributed by atoms with Crippen molar-refractivity contribution in [2.24, 2.45) is 0 Å². The van der Waals surface area contributed by atoms with Gasteiger partial charge in [-0.05, 0) is 48.9 Å². The summed E-state index contributed by atoms with van der Waals surface area (Å²) in [4.78, 5) is 35.5. The summed E-state index contributed by atoms with van der Waals surface area (Å²) in [6.45, 7) is 0. The van der Waals surface area contributed by atoms with E-state index < -0.39 is 98.6 Å². The Morgan fingerprint density at radius 1 is 0.646 bits per heavy atom. The molecule has 0 saturated heterocycles. The number of nitrogens with zero attached hydrogens (tertiary/aromatic N) is 4. The molecule has 0 radical (unpaired) electrons. The van der Waals surface area contributed by atoms with Gasteiger partial charge in [-0.15, -0.1) is 0 Å². The predicted molar refractivity (Wildman–Crippen MR) is 146 cm³/mol. The molecule has 0 spiro atoms. The molecule has 18 heteroatoms. The zero-order valence-electron chi connectivity index (χ0n) is 23.0. The van der Waals surface area contributed by atoms with E-state index in [1.807, 2.05) is 0 Å². The van der Waals surface area contributed by atoms with Crippen LogP contribution in [-0.2, 0) is 12.4 Å². The molecule has 3 aromatic carbocycles. The summed E-state index contributed by atoms with van der Waals surface area (Å²) in [7, 11) is 0. The highest BCUT2D eigenvalue weighted by Gasteiger charge is 2.50. The number of benzene rings is 3. The van der Waals surface area contributed by atoms with Crippen LogP contribution >= 0.6 is 0 Å². The molecule has 0 fully saturated rings. The average Bonchev–Trinajstić information content (AvgIpc) is 3.55. The maximum absolute atomic E-state index is 14.0. The Balaban J connectivity index is 1.54. The molecular formula is C30H10F12N4O2. The van der Waals surface area contributed by atoms with Gasteiger partial charge in [0.15, 0.2) is 0 Å². The first-order chi connectivity index (χ1) is 22.2. The number of imidazole rings is 2. The van der Waals surface area contributed by atoms with E-state index in [1.54, 1.807) is 0 Å². The Hall–Kier alpha value is -5.16. The zero-order valence-corrected chi connectivity index (χ0v) is 23.0. The van der Waals surface area contributed by atoms with Gasteiger partial charge in [-0.1, -0.05) is 0 Å². The smallest absolute Gasteiger partial charge is 0.268 e.